The molecule has 2 rings (SSSR count). The molecular weight excluding hydrogens is 284 g/mol. The number of fused-ring (bicyclic) bond motifs is 1. The van der Waals surface area contributed by atoms with Crippen LogP contribution in [0.4, 0.5) is 5.69 Å². The zero-order chi connectivity index (χ0) is 12.6. The average molecular weight is 289 g/mol. The van der Waals surface area contributed by atoms with Crippen LogP contribution in [0.5, 0.6) is 0 Å². The predicted molar refractivity (Wildman–Crippen MR) is 69.3 cm³/mol. The number of halogens is 1. The number of hydrogen-bond acceptors (Lipinski definition) is 6. The zero-order valence-corrected chi connectivity index (χ0v) is 10.9. The molecule has 0 N–H and O–H groups in total. The molecule has 5 nitrogen and oxygen atoms in total. The van der Waals surface area contributed by atoms with Crippen molar-refractivity contribution in [2.45, 2.75) is 4.34 Å². The smallest absolute Gasteiger partial charge is 0.267 e. The molecule has 0 amide bonds. The summed E-state index contributed by atoms with van der Waals surface area (Å²) in [6, 6.07) is 2.64. The minimum Gasteiger partial charge on any atom is -0.267 e. The van der Waals surface area contributed by atoms with Gasteiger partial charge in [0.2, 0.25) is 0 Å². The standard InChI is InChI=1S/C9H5ClN2O3S2/c1-16-9-11-8(13)5-2-4(10)3-6(12(14)15)7(5)17-9/h2-3H,1H3. The maximum absolute atomic E-state index is 11.7. The number of aromatic nitrogens is 1. The SMILES string of the molecule is CSc1nc(=O)c2cc(Cl)cc([N+](=O)[O-])c2s1. The van der Waals surface area contributed by atoms with Gasteiger partial charge < -0.3 is 0 Å². The molecule has 0 fully saturated rings. The fourth-order valence-corrected chi connectivity index (χ4v) is 3.09. The van der Waals surface area contributed by atoms with E-state index < -0.39 is 10.5 Å². The van der Waals surface area contributed by atoms with Gasteiger partial charge in [-0.05, 0) is 12.3 Å². The van der Waals surface area contributed by atoms with E-state index in [0.29, 0.717) is 9.04 Å². The monoisotopic (exact) mass is 288 g/mol. The van der Waals surface area contributed by atoms with E-state index in [1.54, 1.807) is 6.26 Å². The molecule has 0 saturated heterocycles. The number of nitro groups is 1. The summed E-state index contributed by atoms with van der Waals surface area (Å²) in [5, 5.41) is 11.2. The zero-order valence-electron chi connectivity index (χ0n) is 8.47. The van der Waals surface area contributed by atoms with Crippen LogP contribution >= 0.6 is 34.7 Å². The molecule has 1 heterocycles. The summed E-state index contributed by atoms with van der Waals surface area (Å²) in [6.07, 6.45) is 1.76. The lowest BCUT2D eigenvalue weighted by Gasteiger charge is -2.00. The normalized spacial score (nSPS) is 10.7. The summed E-state index contributed by atoms with van der Waals surface area (Å²) >= 11 is 8.13. The molecule has 0 spiro atoms. The number of nitro benzene ring substituents is 1. The van der Waals surface area contributed by atoms with Gasteiger partial charge in [0.15, 0.2) is 4.34 Å². The van der Waals surface area contributed by atoms with Crippen LogP contribution in [0.25, 0.3) is 10.1 Å². The van der Waals surface area contributed by atoms with Gasteiger partial charge in [0.05, 0.1) is 10.3 Å². The molecule has 0 aliphatic rings. The number of non-ortho nitro benzene ring substituents is 1. The van der Waals surface area contributed by atoms with Crippen LogP contribution in [-0.4, -0.2) is 16.2 Å². The second-order valence-corrected chi connectivity index (χ2v) is 5.54. The first-order valence-electron chi connectivity index (χ1n) is 4.35. The summed E-state index contributed by atoms with van der Waals surface area (Å²) < 4.78 is 0.802. The quantitative estimate of drug-likeness (QED) is 0.482. The summed E-state index contributed by atoms with van der Waals surface area (Å²) in [4.78, 5) is 25.8. The van der Waals surface area contributed by atoms with E-state index in [4.69, 9.17) is 11.6 Å². The molecule has 0 unspecified atom stereocenters. The fraction of sp³-hybridized carbons (Fsp3) is 0.111. The van der Waals surface area contributed by atoms with E-state index >= 15 is 0 Å². The largest absolute Gasteiger partial charge is 0.288 e. The Morgan fingerprint density at radius 1 is 1.53 bits per heavy atom. The van der Waals surface area contributed by atoms with Crippen LogP contribution in [0.15, 0.2) is 21.3 Å². The number of benzene rings is 1. The molecule has 0 aliphatic heterocycles. The third kappa shape index (κ3) is 2.26. The Bertz CT molecular complexity index is 671. The molecule has 1 aromatic heterocycles. The first-order valence-corrected chi connectivity index (χ1v) is 6.77. The highest BCUT2D eigenvalue weighted by Crippen LogP contribution is 2.33. The van der Waals surface area contributed by atoms with Gasteiger partial charge in [-0.2, -0.15) is 4.98 Å². The van der Waals surface area contributed by atoms with Crippen LogP contribution in [0.3, 0.4) is 0 Å². The molecule has 0 saturated carbocycles. The summed E-state index contributed by atoms with van der Waals surface area (Å²) in [7, 11) is 0. The maximum atomic E-state index is 11.7. The summed E-state index contributed by atoms with van der Waals surface area (Å²) in [6.45, 7) is 0. The second-order valence-electron chi connectivity index (χ2n) is 3.05. The van der Waals surface area contributed by atoms with Crippen LogP contribution in [0, 0.1) is 10.1 Å². The van der Waals surface area contributed by atoms with Crippen molar-refractivity contribution in [1.29, 1.82) is 0 Å². The second kappa shape index (κ2) is 4.59. The Kier molecular flexibility index (Phi) is 3.32. The van der Waals surface area contributed by atoms with Crippen molar-refractivity contribution in [2.75, 3.05) is 6.26 Å². The van der Waals surface area contributed by atoms with Gasteiger partial charge in [0, 0.05) is 11.1 Å². The van der Waals surface area contributed by atoms with E-state index in [-0.39, 0.29) is 16.1 Å². The van der Waals surface area contributed by atoms with Crippen molar-refractivity contribution in [1.82, 2.24) is 4.98 Å². The van der Waals surface area contributed by atoms with Crippen molar-refractivity contribution < 1.29 is 4.92 Å². The van der Waals surface area contributed by atoms with Crippen molar-refractivity contribution in [3.05, 3.63) is 37.6 Å². The van der Waals surface area contributed by atoms with Gasteiger partial charge in [-0.25, -0.2) is 0 Å². The highest BCUT2D eigenvalue weighted by Gasteiger charge is 2.17. The third-order valence-electron chi connectivity index (χ3n) is 2.02. The average Bonchev–Trinajstić information content (AvgIpc) is 2.28. The number of hydrogen-bond donors (Lipinski definition) is 0. The van der Waals surface area contributed by atoms with Gasteiger partial charge in [-0.1, -0.05) is 23.4 Å². The topological polar surface area (TPSA) is 73.1 Å². The molecule has 17 heavy (non-hydrogen) atoms. The lowest BCUT2D eigenvalue weighted by atomic mass is 10.2. The Hall–Kier alpha value is -1.18. The number of thioether (sulfide) groups is 1. The number of nitrogens with zero attached hydrogens (tertiary/aromatic N) is 2. The molecule has 0 atom stereocenters. The first-order chi connectivity index (χ1) is 8.02. The molecule has 0 aliphatic carbocycles. The summed E-state index contributed by atoms with van der Waals surface area (Å²) in [5.74, 6) is 0. The highest BCUT2D eigenvalue weighted by atomic mass is 35.5. The predicted octanol–water partition coefficient (Wildman–Crippen LogP) is 2.94. The van der Waals surface area contributed by atoms with Crippen molar-refractivity contribution in [3.63, 3.8) is 0 Å². The lowest BCUT2D eigenvalue weighted by molar-refractivity contribution is -0.382. The van der Waals surface area contributed by atoms with E-state index in [9.17, 15) is 14.9 Å². The molecule has 1 aromatic carbocycles. The van der Waals surface area contributed by atoms with Crippen molar-refractivity contribution >= 4 is 50.5 Å². The minimum atomic E-state index is -0.547. The Balaban J connectivity index is 2.95. The maximum Gasteiger partial charge on any atom is 0.288 e. The summed E-state index contributed by atoms with van der Waals surface area (Å²) in [5.41, 5.74) is -0.652. The van der Waals surface area contributed by atoms with Gasteiger partial charge in [0.1, 0.15) is 4.70 Å². The van der Waals surface area contributed by atoms with E-state index in [2.05, 4.69) is 4.98 Å². The van der Waals surface area contributed by atoms with Gasteiger partial charge in [-0.3, -0.25) is 14.9 Å². The van der Waals surface area contributed by atoms with Crippen LogP contribution in [-0.2, 0) is 0 Å². The first kappa shape index (κ1) is 12.3. The van der Waals surface area contributed by atoms with E-state index in [1.165, 1.54) is 23.9 Å². The van der Waals surface area contributed by atoms with Gasteiger partial charge >= 0.3 is 0 Å². The third-order valence-corrected chi connectivity index (χ3v) is 4.33. The molecule has 88 valence electrons. The highest BCUT2D eigenvalue weighted by molar-refractivity contribution is 8.00. The Morgan fingerprint density at radius 3 is 2.82 bits per heavy atom. The fourth-order valence-electron chi connectivity index (χ4n) is 1.32. The van der Waals surface area contributed by atoms with E-state index in [0.717, 1.165) is 11.3 Å². The van der Waals surface area contributed by atoms with Crippen LogP contribution in [0.2, 0.25) is 5.02 Å². The molecule has 8 heteroatoms. The Labute approximate surface area is 109 Å². The lowest BCUT2D eigenvalue weighted by Crippen LogP contribution is -2.06. The van der Waals surface area contributed by atoms with Gasteiger partial charge in [-0.15, -0.1) is 11.3 Å². The molecule has 0 radical (unpaired) electrons. The molecular formula is C9H5ClN2O3S2. The Morgan fingerprint density at radius 2 is 2.24 bits per heavy atom. The van der Waals surface area contributed by atoms with Crippen LogP contribution in [0.1, 0.15) is 0 Å². The van der Waals surface area contributed by atoms with E-state index in [1.807, 2.05) is 0 Å². The number of rotatable bonds is 2. The van der Waals surface area contributed by atoms with Crippen LogP contribution < -0.4 is 5.56 Å². The van der Waals surface area contributed by atoms with Crippen molar-refractivity contribution in [3.8, 4) is 0 Å². The van der Waals surface area contributed by atoms with Gasteiger partial charge in [0.25, 0.3) is 11.2 Å². The minimum absolute atomic E-state index is 0.159. The molecule has 2 aromatic rings. The van der Waals surface area contributed by atoms with Crippen molar-refractivity contribution in [2.24, 2.45) is 0 Å². The molecule has 0 bridgehead atoms.